The molecule has 1 aliphatic rings. The highest BCUT2D eigenvalue weighted by Gasteiger charge is 2.22. The lowest BCUT2D eigenvalue weighted by Crippen LogP contribution is -2.50. The zero-order valence-corrected chi connectivity index (χ0v) is 16.0. The SMILES string of the molecule is COc1ccc(C)cc1NC(=O)N1CCN(c2cc(C)cc(C)c2)CC1. The highest BCUT2D eigenvalue weighted by molar-refractivity contribution is 5.91. The zero-order chi connectivity index (χ0) is 18.7. The van der Waals surface area contributed by atoms with Crippen molar-refractivity contribution in [2.75, 3.05) is 43.5 Å². The second kappa shape index (κ2) is 7.68. The lowest BCUT2D eigenvalue weighted by molar-refractivity contribution is 0.208. The van der Waals surface area contributed by atoms with Gasteiger partial charge < -0.3 is 19.9 Å². The van der Waals surface area contributed by atoms with Crippen molar-refractivity contribution in [3.05, 3.63) is 53.1 Å². The molecule has 0 aromatic heterocycles. The minimum atomic E-state index is -0.0750. The van der Waals surface area contributed by atoms with Crippen LogP contribution < -0.4 is 15.0 Å². The van der Waals surface area contributed by atoms with Crippen LogP contribution in [-0.4, -0.2) is 44.2 Å². The van der Waals surface area contributed by atoms with E-state index >= 15 is 0 Å². The van der Waals surface area contributed by atoms with Gasteiger partial charge in [-0.3, -0.25) is 0 Å². The van der Waals surface area contributed by atoms with Gasteiger partial charge in [-0.1, -0.05) is 12.1 Å². The van der Waals surface area contributed by atoms with Crippen LogP contribution in [0.4, 0.5) is 16.2 Å². The molecular weight excluding hydrogens is 326 g/mol. The van der Waals surface area contributed by atoms with Crippen LogP contribution in [-0.2, 0) is 0 Å². The van der Waals surface area contributed by atoms with Gasteiger partial charge in [0.1, 0.15) is 5.75 Å². The zero-order valence-electron chi connectivity index (χ0n) is 16.0. The van der Waals surface area contributed by atoms with E-state index in [1.807, 2.05) is 30.0 Å². The number of aryl methyl sites for hydroxylation is 3. The first-order chi connectivity index (χ1) is 12.5. The first-order valence-corrected chi connectivity index (χ1v) is 9.00. The predicted octanol–water partition coefficient (Wildman–Crippen LogP) is 3.97. The van der Waals surface area contributed by atoms with Crippen LogP contribution in [0.5, 0.6) is 5.75 Å². The largest absolute Gasteiger partial charge is 0.495 e. The van der Waals surface area contributed by atoms with Crippen molar-refractivity contribution in [1.29, 1.82) is 0 Å². The van der Waals surface area contributed by atoms with Crippen molar-refractivity contribution < 1.29 is 9.53 Å². The summed E-state index contributed by atoms with van der Waals surface area (Å²) in [5, 5.41) is 2.99. The van der Waals surface area contributed by atoms with E-state index in [1.165, 1.54) is 16.8 Å². The summed E-state index contributed by atoms with van der Waals surface area (Å²) in [6.07, 6.45) is 0. The predicted molar refractivity (Wildman–Crippen MR) is 106 cm³/mol. The molecule has 1 aliphatic heterocycles. The summed E-state index contributed by atoms with van der Waals surface area (Å²) in [6.45, 7) is 9.31. The maximum absolute atomic E-state index is 12.6. The van der Waals surface area contributed by atoms with Crippen molar-refractivity contribution in [3.63, 3.8) is 0 Å². The van der Waals surface area contributed by atoms with Crippen molar-refractivity contribution in [1.82, 2.24) is 4.90 Å². The van der Waals surface area contributed by atoms with Gasteiger partial charge >= 0.3 is 6.03 Å². The van der Waals surface area contributed by atoms with E-state index in [2.05, 4.69) is 42.3 Å². The third kappa shape index (κ3) is 4.10. The lowest BCUT2D eigenvalue weighted by atomic mass is 10.1. The molecule has 1 N–H and O–H groups in total. The van der Waals surface area contributed by atoms with Crippen LogP contribution in [0.2, 0.25) is 0 Å². The van der Waals surface area contributed by atoms with Crippen LogP contribution in [0, 0.1) is 20.8 Å². The number of carbonyl (C=O) groups is 1. The number of rotatable bonds is 3. The number of benzene rings is 2. The van der Waals surface area contributed by atoms with Gasteiger partial charge in [-0.05, 0) is 61.7 Å². The van der Waals surface area contributed by atoms with E-state index in [4.69, 9.17) is 4.74 Å². The van der Waals surface area contributed by atoms with E-state index < -0.39 is 0 Å². The van der Waals surface area contributed by atoms with Gasteiger partial charge in [0.15, 0.2) is 0 Å². The fourth-order valence-electron chi connectivity index (χ4n) is 3.41. The Morgan fingerprint density at radius 3 is 2.19 bits per heavy atom. The molecule has 0 aliphatic carbocycles. The maximum atomic E-state index is 12.6. The number of nitrogens with one attached hydrogen (secondary N) is 1. The number of nitrogens with zero attached hydrogens (tertiary/aromatic N) is 2. The van der Waals surface area contributed by atoms with Crippen molar-refractivity contribution in [3.8, 4) is 5.75 Å². The molecule has 5 nitrogen and oxygen atoms in total. The van der Waals surface area contributed by atoms with Crippen LogP contribution in [0.15, 0.2) is 36.4 Å². The summed E-state index contributed by atoms with van der Waals surface area (Å²) < 4.78 is 5.34. The monoisotopic (exact) mass is 353 g/mol. The molecule has 5 heteroatoms. The lowest BCUT2D eigenvalue weighted by Gasteiger charge is -2.36. The normalized spacial score (nSPS) is 14.3. The Balaban J connectivity index is 1.63. The number of amides is 2. The summed E-state index contributed by atoms with van der Waals surface area (Å²) in [4.78, 5) is 16.8. The smallest absolute Gasteiger partial charge is 0.322 e. The van der Waals surface area contributed by atoms with E-state index in [9.17, 15) is 4.79 Å². The number of anilines is 2. The summed E-state index contributed by atoms with van der Waals surface area (Å²) in [5.41, 5.74) is 5.58. The minimum Gasteiger partial charge on any atom is -0.495 e. The van der Waals surface area contributed by atoms with E-state index in [0.29, 0.717) is 24.5 Å². The molecule has 0 spiro atoms. The molecule has 0 unspecified atom stereocenters. The molecule has 26 heavy (non-hydrogen) atoms. The first kappa shape index (κ1) is 18.1. The number of methoxy groups -OCH3 is 1. The first-order valence-electron chi connectivity index (χ1n) is 9.00. The highest BCUT2D eigenvalue weighted by Crippen LogP contribution is 2.26. The Labute approximate surface area is 155 Å². The highest BCUT2D eigenvalue weighted by atomic mass is 16.5. The van der Waals surface area contributed by atoms with Gasteiger partial charge in [-0.25, -0.2) is 4.79 Å². The second-order valence-electron chi connectivity index (χ2n) is 6.95. The summed E-state index contributed by atoms with van der Waals surface area (Å²) >= 11 is 0. The van der Waals surface area contributed by atoms with Crippen molar-refractivity contribution >= 4 is 17.4 Å². The van der Waals surface area contributed by atoms with Crippen LogP contribution in [0.3, 0.4) is 0 Å². The molecule has 1 fully saturated rings. The summed E-state index contributed by atoms with van der Waals surface area (Å²) in [7, 11) is 1.61. The summed E-state index contributed by atoms with van der Waals surface area (Å²) in [5.74, 6) is 0.679. The standard InChI is InChI=1S/C21H27N3O2/c1-15-5-6-20(26-4)19(14-15)22-21(25)24-9-7-23(8-10-24)18-12-16(2)11-17(3)13-18/h5-6,11-14H,7-10H2,1-4H3,(H,22,25). The molecule has 0 saturated carbocycles. The van der Waals surface area contributed by atoms with Gasteiger partial charge in [-0.2, -0.15) is 0 Å². The minimum absolute atomic E-state index is 0.0750. The number of piperazine rings is 1. The summed E-state index contributed by atoms with van der Waals surface area (Å²) in [6, 6.07) is 12.3. The molecule has 2 aromatic rings. The fraction of sp³-hybridized carbons (Fsp3) is 0.381. The van der Waals surface area contributed by atoms with Gasteiger partial charge in [0, 0.05) is 31.9 Å². The van der Waals surface area contributed by atoms with Crippen molar-refractivity contribution in [2.24, 2.45) is 0 Å². The Hall–Kier alpha value is -2.69. The average Bonchev–Trinajstić information content (AvgIpc) is 2.61. The quantitative estimate of drug-likeness (QED) is 0.908. The number of hydrogen-bond donors (Lipinski definition) is 1. The average molecular weight is 353 g/mol. The Bertz CT molecular complexity index is 776. The van der Waals surface area contributed by atoms with Gasteiger partial charge in [-0.15, -0.1) is 0 Å². The number of hydrogen-bond acceptors (Lipinski definition) is 3. The van der Waals surface area contributed by atoms with Gasteiger partial charge in [0.25, 0.3) is 0 Å². The second-order valence-corrected chi connectivity index (χ2v) is 6.95. The van der Waals surface area contributed by atoms with E-state index in [0.717, 1.165) is 18.7 Å². The van der Waals surface area contributed by atoms with Crippen LogP contribution >= 0.6 is 0 Å². The number of urea groups is 1. The van der Waals surface area contributed by atoms with E-state index in [1.54, 1.807) is 7.11 Å². The molecule has 1 saturated heterocycles. The Morgan fingerprint density at radius 1 is 0.923 bits per heavy atom. The molecule has 1 heterocycles. The van der Waals surface area contributed by atoms with Gasteiger partial charge in [0.2, 0.25) is 0 Å². The molecule has 3 rings (SSSR count). The topological polar surface area (TPSA) is 44.8 Å². The number of carbonyl (C=O) groups excluding carboxylic acids is 1. The molecule has 0 radical (unpaired) electrons. The number of ether oxygens (including phenoxy) is 1. The fourth-order valence-corrected chi connectivity index (χ4v) is 3.41. The van der Waals surface area contributed by atoms with Crippen molar-refractivity contribution in [2.45, 2.75) is 20.8 Å². The van der Waals surface area contributed by atoms with E-state index in [-0.39, 0.29) is 6.03 Å². The Kier molecular flexibility index (Phi) is 5.35. The molecule has 2 aromatic carbocycles. The molecule has 0 atom stereocenters. The molecule has 0 bridgehead atoms. The third-order valence-corrected chi connectivity index (χ3v) is 4.74. The van der Waals surface area contributed by atoms with Crippen LogP contribution in [0.25, 0.3) is 0 Å². The maximum Gasteiger partial charge on any atom is 0.322 e. The third-order valence-electron chi connectivity index (χ3n) is 4.74. The molecular formula is C21H27N3O2. The van der Waals surface area contributed by atoms with Crippen LogP contribution in [0.1, 0.15) is 16.7 Å². The molecule has 138 valence electrons. The van der Waals surface area contributed by atoms with Gasteiger partial charge in [0.05, 0.1) is 12.8 Å². The Morgan fingerprint density at radius 2 is 1.58 bits per heavy atom. The molecule has 2 amide bonds.